The molecule has 2 heterocycles. The normalized spacial score (nSPS) is 12.1. The van der Waals surface area contributed by atoms with Crippen LogP contribution in [0.3, 0.4) is 0 Å². The molecule has 0 bridgehead atoms. The highest BCUT2D eigenvalue weighted by atomic mass is 16.2. The van der Waals surface area contributed by atoms with Gasteiger partial charge in [-0.2, -0.15) is 0 Å². The number of rotatable bonds is 2. The average molecular weight is 259 g/mol. The molecule has 2 rings (SSSR count). The van der Waals surface area contributed by atoms with Crippen molar-refractivity contribution in [2.75, 3.05) is 0 Å². The van der Waals surface area contributed by atoms with E-state index < -0.39 is 0 Å². The molecule has 4 nitrogen and oxygen atoms in total. The van der Waals surface area contributed by atoms with Crippen LogP contribution < -0.4 is 5.32 Å². The lowest BCUT2D eigenvalue weighted by Gasteiger charge is -2.15. The Balaban J connectivity index is 2.60. The summed E-state index contributed by atoms with van der Waals surface area (Å²) in [5.74, 6) is 0.320. The zero-order valence-corrected chi connectivity index (χ0v) is 12.2. The van der Waals surface area contributed by atoms with E-state index in [1.807, 2.05) is 42.6 Å². The second-order valence-corrected chi connectivity index (χ2v) is 6.12. The summed E-state index contributed by atoms with van der Waals surface area (Å²) in [6.07, 6.45) is 1.88. The highest BCUT2D eigenvalue weighted by Gasteiger charge is 2.24. The van der Waals surface area contributed by atoms with E-state index in [0.717, 1.165) is 11.2 Å². The average Bonchev–Trinajstić information content (AvgIpc) is 2.67. The first kappa shape index (κ1) is 13.6. The van der Waals surface area contributed by atoms with Gasteiger partial charge in [-0.05, 0) is 26.0 Å². The van der Waals surface area contributed by atoms with E-state index in [1.165, 1.54) is 0 Å². The monoisotopic (exact) mass is 259 g/mol. The third-order valence-corrected chi connectivity index (χ3v) is 2.88. The van der Waals surface area contributed by atoms with Crippen LogP contribution in [0.1, 0.15) is 50.9 Å². The number of amides is 1. The number of hydrogen-bond donors (Lipinski definition) is 1. The van der Waals surface area contributed by atoms with Gasteiger partial charge in [0.05, 0.1) is 11.2 Å². The van der Waals surface area contributed by atoms with Crippen LogP contribution in [0.2, 0.25) is 0 Å². The maximum Gasteiger partial charge on any atom is 0.287 e. The van der Waals surface area contributed by atoms with Crippen molar-refractivity contribution in [1.82, 2.24) is 14.7 Å². The first-order valence-electron chi connectivity index (χ1n) is 6.59. The summed E-state index contributed by atoms with van der Waals surface area (Å²) in [6, 6.07) is 5.98. The van der Waals surface area contributed by atoms with Crippen LogP contribution >= 0.6 is 0 Å². The van der Waals surface area contributed by atoms with Gasteiger partial charge in [0.1, 0.15) is 0 Å². The first-order chi connectivity index (χ1) is 8.80. The molecule has 0 atom stereocenters. The minimum absolute atomic E-state index is 0.0943. The van der Waals surface area contributed by atoms with Crippen molar-refractivity contribution in [1.29, 1.82) is 0 Å². The van der Waals surface area contributed by atoms with Crippen LogP contribution in [0.15, 0.2) is 24.4 Å². The second-order valence-electron chi connectivity index (χ2n) is 6.12. The third kappa shape index (κ3) is 2.62. The molecular weight excluding hydrogens is 238 g/mol. The number of fused-ring (bicyclic) bond motifs is 1. The summed E-state index contributed by atoms with van der Waals surface area (Å²) in [5.41, 5.74) is 1.84. The summed E-state index contributed by atoms with van der Waals surface area (Å²) in [6.45, 7) is 10.2. The van der Waals surface area contributed by atoms with E-state index in [0.29, 0.717) is 5.82 Å². The topological polar surface area (TPSA) is 46.4 Å². The molecule has 0 aliphatic carbocycles. The van der Waals surface area contributed by atoms with Gasteiger partial charge in [-0.15, -0.1) is 0 Å². The summed E-state index contributed by atoms with van der Waals surface area (Å²) >= 11 is 0. The smallest absolute Gasteiger partial charge is 0.287 e. The van der Waals surface area contributed by atoms with Gasteiger partial charge in [0, 0.05) is 17.7 Å². The SMILES string of the molecule is CC(C)NC(=O)c1nc(C(C)(C)C)c2ccccn12. The van der Waals surface area contributed by atoms with Gasteiger partial charge in [0.2, 0.25) is 5.82 Å². The predicted molar refractivity (Wildman–Crippen MR) is 76.5 cm³/mol. The van der Waals surface area contributed by atoms with Crippen LogP contribution in [-0.2, 0) is 5.41 Å². The van der Waals surface area contributed by atoms with Gasteiger partial charge in [0.15, 0.2) is 0 Å². The van der Waals surface area contributed by atoms with Gasteiger partial charge in [-0.1, -0.05) is 26.8 Å². The molecular formula is C15H21N3O. The zero-order valence-electron chi connectivity index (χ0n) is 12.2. The summed E-state index contributed by atoms with van der Waals surface area (Å²) in [5, 5.41) is 2.89. The number of carbonyl (C=O) groups excluding carboxylic acids is 1. The fraction of sp³-hybridized carbons (Fsp3) is 0.467. The Kier molecular flexibility index (Phi) is 3.35. The Morgan fingerprint density at radius 1 is 1.32 bits per heavy atom. The fourth-order valence-corrected chi connectivity index (χ4v) is 2.08. The van der Waals surface area contributed by atoms with Gasteiger partial charge in [-0.25, -0.2) is 4.98 Å². The van der Waals surface area contributed by atoms with Crippen molar-refractivity contribution < 1.29 is 4.79 Å². The van der Waals surface area contributed by atoms with Gasteiger partial charge < -0.3 is 5.32 Å². The fourth-order valence-electron chi connectivity index (χ4n) is 2.08. The summed E-state index contributed by atoms with van der Waals surface area (Å²) in [7, 11) is 0. The first-order valence-corrected chi connectivity index (χ1v) is 6.59. The summed E-state index contributed by atoms with van der Waals surface area (Å²) < 4.78 is 1.86. The predicted octanol–water partition coefficient (Wildman–Crippen LogP) is 2.77. The van der Waals surface area contributed by atoms with Crippen LogP contribution in [0, 0.1) is 0 Å². The van der Waals surface area contributed by atoms with Crippen molar-refractivity contribution in [2.24, 2.45) is 0 Å². The number of pyridine rings is 1. The molecule has 2 aromatic rings. The minimum atomic E-state index is -0.133. The van der Waals surface area contributed by atoms with Crippen molar-refractivity contribution in [2.45, 2.75) is 46.1 Å². The highest BCUT2D eigenvalue weighted by Crippen LogP contribution is 2.26. The standard InChI is InChI=1S/C15H21N3O/c1-10(2)16-14(19)13-17-12(15(3,4)5)11-8-6-7-9-18(11)13/h6-10H,1-5H3,(H,16,19). The van der Waals surface area contributed by atoms with E-state index in [2.05, 4.69) is 31.1 Å². The maximum absolute atomic E-state index is 12.2. The van der Waals surface area contributed by atoms with Crippen LogP contribution in [0.4, 0.5) is 0 Å². The molecule has 1 amide bonds. The Hall–Kier alpha value is -1.84. The third-order valence-electron chi connectivity index (χ3n) is 2.88. The molecule has 0 spiro atoms. The Labute approximate surface area is 113 Å². The van der Waals surface area contributed by atoms with Gasteiger partial charge >= 0.3 is 0 Å². The minimum Gasteiger partial charge on any atom is -0.347 e. The van der Waals surface area contributed by atoms with Crippen LogP contribution in [0.25, 0.3) is 5.52 Å². The molecule has 0 fully saturated rings. The van der Waals surface area contributed by atoms with E-state index >= 15 is 0 Å². The lowest BCUT2D eigenvalue weighted by atomic mass is 9.91. The lowest BCUT2D eigenvalue weighted by molar-refractivity contribution is 0.0932. The zero-order chi connectivity index (χ0) is 14.2. The Morgan fingerprint density at radius 3 is 2.58 bits per heavy atom. The summed E-state index contributed by atoms with van der Waals surface area (Å²) in [4.78, 5) is 16.8. The molecule has 0 aliphatic heterocycles. The van der Waals surface area contributed by atoms with E-state index in [-0.39, 0.29) is 17.4 Å². The number of nitrogens with zero attached hydrogens (tertiary/aromatic N) is 2. The molecule has 19 heavy (non-hydrogen) atoms. The molecule has 102 valence electrons. The quantitative estimate of drug-likeness (QED) is 0.901. The van der Waals surface area contributed by atoms with Crippen molar-refractivity contribution in [3.05, 3.63) is 35.9 Å². The van der Waals surface area contributed by atoms with Gasteiger partial charge in [-0.3, -0.25) is 9.20 Å². The molecule has 0 radical (unpaired) electrons. The highest BCUT2D eigenvalue weighted by molar-refractivity contribution is 5.92. The largest absolute Gasteiger partial charge is 0.347 e. The van der Waals surface area contributed by atoms with Gasteiger partial charge in [0.25, 0.3) is 5.91 Å². The number of hydrogen-bond acceptors (Lipinski definition) is 2. The molecule has 2 aromatic heterocycles. The van der Waals surface area contributed by atoms with E-state index in [1.54, 1.807) is 0 Å². The maximum atomic E-state index is 12.2. The molecule has 4 heteroatoms. The molecule has 0 aromatic carbocycles. The number of imidazole rings is 1. The van der Waals surface area contributed by atoms with E-state index in [9.17, 15) is 4.79 Å². The van der Waals surface area contributed by atoms with E-state index in [4.69, 9.17) is 0 Å². The number of carbonyl (C=O) groups is 1. The van der Waals surface area contributed by atoms with Crippen molar-refractivity contribution >= 4 is 11.4 Å². The van der Waals surface area contributed by atoms with Crippen LogP contribution in [-0.4, -0.2) is 21.3 Å². The Morgan fingerprint density at radius 2 is 2.00 bits per heavy atom. The molecule has 0 unspecified atom stereocenters. The number of nitrogens with one attached hydrogen (secondary N) is 1. The van der Waals surface area contributed by atoms with Crippen LogP contribution in [0.5, 0.6) is 0 Å². The number of aromatic nitrogens is 2. The Bertz CT molecular complexity index is 605. The molecule has 0 aliphatic rings. The second kappa shape index (κ2) is 4.68. The van der Waals surface area contributed by atoms with Crippen molar-refractivity contribution in [3.8, 4) is 0 Å². The molecule has 1 N–H and O–H groups in total. The molecule has 0 saturated heterocycles. The lowest BCUT2D eigenvalue weighted by Crippen LogP contribution is -2.31. The van der Waals surface area contributed by atoms with Crippen molar-refractivity contribution in [3.63, 3.8) is 0 Å². The molecule has 0 saturated carbocycles.